The van der Waals surface area contributed by atoms with Crippen molar-refractivity contribution in [3.63, 3.8) is 0 Å². The molecule has 8 heteroatoms. The lowest BCUT2D eigenvalue weighted by Gasteiger charge is -2.19. The van der Waals surface area contributed by atoms with Crippen LogP contribution in [-0.2, 0) is 22.4 Å². The third kappa shape index (κ3) is 4.56. The van der Waals surface area contributed by atoms with Gasteiger partial charge in [0.15, 0.2) is 6.61 Å². The lowest BCUT2D eigenvalue weighted by atomic mass is 9.87. The molecule has 1 heterocycles. The average Bonchev–Trinajstić information content (AvgIpc) is 3.10. The highest BCUT2D eigenvalue weighted by Crippen LogP contribution is 2.33. The Morgan fingerprint density at radius 2 is 2.14 bits per heavy atom. The zero-order valence-corrected chi connectivity index (χ0v) is 16.6. The molecule has 1 amide bonds. The molecule has 1 atom stereocenters. The van der Waals surface area contributed by atoms with E-state index in [1.807, 2.05) is 6.07 Å². The number of aryl methyl sites for hydroxylation is 2. The van der Waals surface area contributed by atoms with Crippen molar-refractivity contribution >= 4 is 34.6 Å². The summed E-state index contributed by atoms with van der Waals surface area (Å²) in [5.41, 5.74) is 2.10. The van der Waals surface area contributed by atoms with Crippen LogP contribution >= 0.6 is 11.3 Å². The number of carbonyl (C=O) groups excluding carboxylic acids is 2. The number of carbonyl (C=O) groups is 2. The van der Waals surface area contributed by atoms with Crippen LogP contribution in [0.1, 0.15) is 45.4 Å². The number of anilines is 1. The molecule has 0 spiro atoms. The minimum absolute atomic E-state index is 0.118. The lowest BCUT2D eigenvalue weighted by molar-refractivity contribution is -0.384. The summed E-state index contributed by atoms with van der Waals surface area (Å²) >= 11 is 1.44. The Kier molecular flexibility index (Phi) is 6.08. The smallest absolute Gasteiger partial charge is 0.348 e. The Morgan fingerprint density at radius 3 is 2.86 bits per heavy atom. The molecule has 1 aromatic carbocycles. The molecule has 0 saturated carbocycles. The minimum Gasteiger partial charge on any atom is -0.451 e. The number of esters is 1. The van der Waals surface area contributed by atoms with E-state index in [0.29, 0.717) is 22.0 Å². The van der Waals surface area contributed by atoms with Gasteiger partial charge in [-0.2, -0.15) is 0 Å². The van der Waals surface area contributed by atoms with Gasteiger partial charge in [0.25, 0.3) is 11.6 Å². The normalized spacial score (nSPS) is 15.6. The van der Waals surface area contributed by atoms with Crippen molar-refractivity contribution in [3.05, 3.63) is 55.3 Å². The van der Waals surface area contributed by atoms with Gasteiger partial charge in [-0.1, -0.05) is 19.4 Å². The highest BCUT2D eigenvalue weighted by atomic mass is 32.1. The zero-order chi connectivity index (χ0) is 20.3. The highest BCUT2D eigenvalue weighted by Gasteiger charge is 2.23. The van der Waals surface area contributed by atoms with Gasteiger partial charge < -0.3 is 10.1 Å². The fourth-order valence-electron chi connectivity index (χ4n) is 3.29. The molecule has 0 fully saturated rings. The molecule has 3 rings (SSSR count). The van der Waals surface area contributed by atoms with E-state index in [9.17, 15) is 19.7 Å². The molecule has 0 saturated heterocycles. The van der Waals surface area contributed by atoms with E-state index in [0.717, 1.165) is 25.7 Å². The van der Waals surface area contributed by atoms with Crippen LogP contribution in [-0.4, -0.2) is 23.4 Å². The Morgan fingerprint density at radius 1 is 1.36 bits per heavy atom. The molecule has 0 bridgehead atoms. The van der Waals surface area contributed by atoms with Crippen molar-refractivity contribution < 1.29 is 19.2 Å². The molecule has 7 nitrogen and oxygen atoms in total. The summed E-state index contributed by atoms with van der Waals surface area (Å²) in [5.74, 6) is -0.391. The van der Waals surface area contributed by atoms with Crippen molar-refractivity contribution in [3.8, 4) is 0 Å². The van der Waals surface area contributed by atoms with Gasteiger partial charge >= 0.3 is 5.97 Å². The maximum absolute atomic E-state index is 12.3. The number of thiophene rings is 1. The number of amides is 1. The summed E-state index contributed by atoms with van der Waals surface area (Å²) in [4.78, 5) is 36.5. The van der Waals surface area contributed by atoms with Gasteiger partial charge in [-0.15, -0.1) is 11.3 Å². The second kappa shape index (κ2) is 8.52. The second-order valence-electron chi connectivity index (χ2n) is 6.96. The first kappa shape index (κ1) is 20.0. The second-order valence-corrected chi connectivity index (χ2v) is 8.09. The number of nitrogens with one attached hydrogen (secondary N) is 1. The van der Waals surface area contributed by atoms with Gasteiger partial charge in [-0.05, 0) is 49.3 Å². The van der Waals surface area contributed by atoms with Crippen molar-refractivity contribution in [1.29, 1.82) is 0 Å². The number of benzene rings is 1. The lowest BCUT2D eigenvalue weighted by Crippen LogP contribution is -2.21. The van der Waals surface area contributed by atoms with E-state index < -0.39 is 23.4 Å². The van der Waals surface area contributed by atoms with E-state index in [-0.39, 0.29) is 5.69 Å². The predicted molar refractivity (Wildman–Crippen MR) is 107 cm³/mol. The summed E-state index contributed by atoms with van der Waals surface area (Å²) in [6.07, 6.45) is 4.25. The third-order valence-corrected chi connectivity index (χ3v) is 6.22. The SMILES string of the molecule is CC[C@@H]1CCc2sc(C(=O)OCC(=O)Nc3cc([N+](=O)[O-])ccc3C)cc2C1. The minimum atomic E-state index is -0.538. The molecule has 0 aliphatic heterocycles. The van der Waals surface area contributed by atoms with Gasteiger partial charge in [0.2, 0.25) is 0 Å². The monoisotopic (exact) mass is 402 g/mol. The Balaban J connectivity index is 1.58. The third-order valence-electron chi connectivity index (χ3n) is 5.00. The van der Waals surface area contributed by atoms with Crippen LogP contribution in [0.15, 0.2) is 24.3 Å². The number of nitro groups is 1. The first-order valence-electron chi connectivity index (χ1n) is 9.21. The first-order valence-corrected chi connectivity index (χ1v) is 10.0. The molecular weight excluding hydrogens is 380 g/mol. The summed E-state index contributed by atoms with van der Waals surface area (Å²) in [6, 6.07) is 6.09. The molecule has 148 valence electrons. The Labute approximate surface area is 166 Å². The fourth-order valence-corrected chi connectivity index (χ4v) is 4.40. The predicted octanol–water partition coefficient (Wildman–Crippen LogP) is 4.28. The average molecular weight is 402 g/mol. The van der Waals surface area contributed by atoms with Gasteiger partial charge in [0.05, 0.1) is 10.6 Å². The number of hydrogen-bond acceptors (Lipinski definition) is 6. The van der Waals surface area contributed by atoms with Gasteiger partial charge in [-0.25, -0.2) is 4.79 Å². The Hall–Kier alpha value is -2.74. The quantitative estimate of drug-likeness (QED) is 0.442. The van der Waals surface area contributed by atoms with Gasteiger partial charge in [-0.3, -0.25) is 14.9 Å². The molecule has 1 N–H and O–H groups in total. The molecular formula is C20H22N2O5S. The number of nitrogens with zero attached hydrogens (tertiary/aromatic N) is 1. The van der Waals surface area contributed by atoms with Crippen molar-refractivity contribution in [1.82, 2.24) is 0 Å². The maximum Gasteiger partial charge on any atom is 0.348 e. The topological polar surface area (TPSA) is 98.5 Å². The summed E-state index contributed by atoms with van der Waals surface area (Å²) < 4.78 is 5.14. The number of non-ortho nitro benzene ring substituents is 1. The highest BCUT2D eigenvalue weighted by molar-refractivity contribution is 7.14. The van der Waals surface area contributed by atoms with Crippen molar-refractivity contribution in [2.45, 2.75) is 39.5 Å². The summed E-state index contributed by atoms with van der Waals surface area (Å²) in [7, 11) is 0. The molecule has 28 heavy (non-hydrogen) atoms. The van der Waals surface area contributed by atoms with Crippen LogP contribution in [0, 0.1) is 23.0 Å². The molecule has 0 radical (unpaired) electrons. The number of nitro benzene ring substituents is 1. The van der Waals surface area contributed by atoms with Crippen molar-refractivity contribution in [2.24, 2.45) is 5.92 Å². The maximum atomic E-state index is 12.3. The van der Waals surface area contributed by atoms with Gasteiger partial charge in [0, 0.05) is 17.0 Å². The van der Waals surface area contributed by atoms with E-state index >= 15 is 0 Å². The number of ether oxygens (including phenoxy) is 1. The van der Waals surface area contributed by atoms with Crippen LogP contribution in [0.25, 0.3) is 0 Å². The molecule has 2 aromatic rings. The van der Waals surface area contributed by atoms with E-state index in [2.05, 4.69) is 12.2 Å². The Bertz CT molecular complexity index is 921. The summed E-state index contributed by atoms with van der Waals surface area (Å²) in [6.45, 7) is 3.46. The standard InChI is InChI=1S/C20H22N2O5S/c1-3-13-5-7-17-14(8-13)9-18(28-17)20(24)27-11-19(23)21-16-10-15(22(25)26)6-4-12(16)2/h4,6,9-10,13H,3,5,7-8,11H2,1-2H3,(H,21,23)/t13-/m1/s1. The van der Waals surface area contributed by atoms with Crippen LogP contribution in [0.5, 0.6) is 0 Å². The molecule has 1 aromatic heterocycles. The summed E-state index contributed by atoms with van der Waals surface area (Å²) in [5, 5.41) is 13.4. The molecule has 0 unspecified atom stereocenters. The van der Waals surface area contributed by atoms with E-state index in [1.54, 1.807) is 13.0 Å². The molecule has 1 aliphatic rings. The zero-order valence-electron chi connectivity index (χ0n) is 15.8. The number of fused-ring (bicyclic) bond motifs is 1. The van der Waals surface area contributed by atoms with E-state index in [4.69, 9.17) is 4.74 Å². The van der Waals surface area contributed by atoms with Crippen LogP contribution in [0.2, 0.25) is 0 Å². The largest absolute Gasteiger partial charge is 0.451 e. The van der Waals surface area contributed by atoms with Crippen LogP contribution in [0.3, 0.4) is 0 Å². The first-order chi connectivity index (χ1) is 13.4. The van der Waals surface area contributed by atoms with Crippen LogP contribution in [0.4, 0.5) is 11.4 Å². The van der Waals surface area contributed by atoms with Crippen molar-refractivity contribution in [2.75, 3.05) is 11.9 Å². The number of hydrogen-bond donors (Lipinski definition) is 1. The fraction of sp³-hybridized carbons (Fsp3) is 0.400. The number of rotatable bonds is 6. The molecule has 1 aliphatic carbocycles. The van der Waals surface area contributed by atoms with Gasteiger partial charge in [0.1, 0.15) is 4.88 Å². The van der Waals surface area contributed by atoms with E-state index in [1.165, 1.54) is 33.9 Å². The van der Waals surface area contributed by atoms with Crippen LogP contribution < -0.4 is 5.32 Å².